The Morgan fingerprint density at radius 1 is 1.31 bits per heavy atom. The molecule has 0 spiro atoms. The number of ether oxygens (including phenoxy) is 2. The SMILES string of the molecule is COC[C@H](NC(=O)N1CC(=O)Nc2cc(C3CC3)cnc21)c1ccc(OC(F)(F)F)cc1. The summed E-state index contributed by atoms with van der Waals surface area (Å²) in [6.45, 7) is -0.154. The molecule has 1 saturated carbocycles. The van der Waals surface area contributed by atoms with E-state index in [0.717, 1.165) is 30.5 Å². The topological polar surface area (TPSA) is 92.8 Å². The molecule has 32 heavy (non-hydrogen) atoms. The Kier molecular flexibility index (Phi) is 5.92. The van der Waals surface area contributed by atoms with Gasteiger partial charge in [0.25, 0.3) is 0 Å². The molecule has 8 nitrogen and oxygen atoms in total. The van der Waals surface area contributed by atoms with E-state index in [-0.39, 0.29) is 24.8 Å². The summed E-state index contributed by atoms with van der Waals surface area (Å²) in [4.78, 5) is 30.8. The van der Waals surface area contributed by atoms with Gasteiger partial charge in [-0.25, -0.2) is 9.78 Å². The van der Waals surface area contributed by atoms with E-state index in [0.29, 0.717) is 23.0 Å². The Morgan fingerprint density at radius 2 is 2.03 bits per heavy atom. The molecule has 3 amide bonds. The molecule has 170 valence electrons. The molecular formula is C21H21F3N4O4. The third-order valence-corrected chi connectivity index (χ3v) is 5.16. The molecule has 2 aromatic rings. The van der Waals surface area contributed by atoms with Gasteiger partial charge in [-0.05, 0) is 48.1 Å². The van der Waals surface area contributed by atoms with Crippen LogP contribution in [-0.4, -0.2) is 43.5 Å². The highest BCUT2D eigenvalue weighted by molar-refractivity contribution is 6.08. The zero-order valence-electron chi connectivity index (χ0n) is 17.1. The molecule has 0 saturated heterocycles. The molecule has 1 atom stereocenters. The monoisotopic (exact) mass is 450 g/mol. The van der Waals surface area contributed by atoms with Crippen molar-refractivity contribution in [2.45, 2.75) is 31.2 Å². The van der Waals surface area contributed by atoms with Crippen LogP contribution in [-0.2, 0) is 9.53 Å². The number of halogens is 3. The number of benzene rings is 1. The smallest absolute Gasteiger partial charge is 0.406 e. The van der Waals surface area contributed by atoms with Gasteiger partial charge in [-0.15, -0.1) is 13.2 Å². The van der Waals surface area contributed by atoms with Crippen molar-refractivity contribution in [2.24, 2.45) is 0 Å². The fourth-order valence-electron chi connectivity index (χ4n) is 3.51. The molecule has 2 aliphatic rings. The Balaban J connectivity index is 1.51. The number of alkyl halides is 3. The zero-order valence-corrected chi connectivity index (χ0v) is 17.1. The number of anilines is 2. The van der Waals surface area contributed by atoms with Gasteiger partial charge in [-0.1, -0.05) is 12.1 Å². The van der Waals surface area contributed by atoms with Gasteiger partial charge in [0.15, 0.2) is 5.82 Å². The predicted octanol–water partition coefficient (Wildman–Crippen LogP) is 3.71. The second kappa shape index (κ2) is 8.65. The van der Waals surface area contributed by atoms with Crippen LogP contribution < -0.4 is 20.3 Å². The van der Waals surface area contributed by atoms with Crippen LogP contribution in [0.5, 0.6) is 5.75 Å². The highest BCUT2D eigenvalue weighted by atomic mass is 19.4. The summed E-state index contributed by atoms with van der Waals surface area (Å²) in [6, 6.07) is 5.70. The third kappa shape index (κ3) is 5.10. The number of hydrogen-bond donors (Lipinski definition) is 2. The van der Waals surface area contributed by atoms with Crippen LogP contribution in [0.3, 0.4) is 0 Å². The molecule has 1 aromatic carbocycles. The van der Waals surface area contributed by atoms with Gasteiger partial charge in [-0.2, -0.15) is 0 Å². The van der Waals surface area contributed by atoms with Crippen LogP contribution in [0.2, 0.25) is 0 Å². The van der Waals surface area contributed by atoms with Gasteiger partial charge in [0, 0.05) is 13.3 Å². The number of carbonyl (C=O) groups is 2. The molecule has 0 radical (unpaired) electrons. The summed E-state index contributed by atoms with van der Waals surface area (Å²) in [6.07, 6.45) is -0.940. The van der Waals surface area contributed by atoms with E-state index in [1.165, 1.54) is 24.1 Å². The summed E-state index contributed by atoms with van der Waals surface area (Å²) in [5, 5.41) is 5.51. The molecule has 1 fully saturated rings. The number of nitrogens with zero attached hydrogens (tertiary/aromatic N) is 2. The van der Waals surface area contributed by atoms with E-state index >= 15 is 0 Å². The third-order valence-electron chi connectivity index (χ3n) is 5.16. The number of amides is 3. The van der Waals surface area contributed by atoms with Gasteiger partial charge in [0.2, 0.25) is 5.91 Å². The Morgan fingerprint density at radius 3 is 2.66 bits per heavy atom. The summed E-state index contributed by atoms with van der Waals surface area (Å²) in [7, 11) is 1.44. The van der Waals surface area contributed by atoms with Crippen LogP contribution in [0.4, 0.5) is 29.5 Å². The van der Waals surface area contributed by atoms with E-state index in [2.05, 4.69) is 20.4 Å². The van der Waals surface area contributed by atoms with E-state index in [1.54, 1.807) is 6.20 Å². The van der Waals surface area contributed by atoms with Gasteiger partial charge in [0.05, 0.1) is 18.3 Å². The number of carbonyl (C=O) groups excluding carboxylic acids is 2. The summed E-state index contributed by atoms with van der Waals surface area (Å²) in [5.41, 5.74) is 2.00. The second-order valence-corrected chi connectivity index (χ2v) is 7.62. The van der Waals surface area contributed by atoms with Crippen molar-refractivity contribution in [1.82, 2.24) is 10.3 Å². The molecule has 0 bridgehead atoms. The maximum atomic E-state index is 13.0. The van der Waals surface area contributed by atoms with Crippen LogP contribution in [0.25, 0.3) is 0 Å². The molecule has 2 N–H and O–H groups in total. The lowest BCUT2D eigenvalue weighted by Crippen LogP contribution is -2.49. The second-order valence-electron chi connectivity index (χ2n) is 7.62. The minimum atomic E-state index is -4.80. The van der Waals surface area contributed by atoms with Crippen molar-refractivity contribution in [3.8, 4) is 5.75 Å². The van der Waals surface area contributed by atoms with E-state index in [1.807, 2.05) is 6.07 Å². The van der Waals surface area contributed by atoms with Crippen LogP contribution in [0, 0.1) is 0 Å². The number of rotatable bonds is 6. The maximum absolute atomic E-state index is 13.0. The van der Waals surface area contributed by atoms with E-state index in [4.69, 9.17) is 4.74 Å². The van der Waals surface area contributed by atoms with Crippen molar-refractivity contribution in [1.29, 1.82) is 0 Å². The molecule has 1 aromatic heterocycles. The average Bonchev–Trinajstić information content (AvgIpc) is 3.57. The number of urea groups is 1. The molecular weight excluding hydrogens is 429 g/mol. The highest BCUT2D eigenvalue weighted by Gasteiger charge is 2.33. The van der Waals surface area contributed by atoms with E-state index < -0.39 is 18.4 Å². The van der Waals surface area contributed by atoms with Crippen LogP contribution in [0.1, 0.15) is 35.9 Å². The number of hydrogen-bond acceptors (Lipinski definition) is 5. The molecule has 1 aliphatic heterocycles. The number of methoxy groups -OCH3 is 1. The van der Waals surface area contributed by atoms with Crippen molar-refractivity contribution in [2.75, 3.05) is 30.5 Å². The van der Waals surface area contributed by atoms with Crippen LogP contribution in [0.15, 0.2) is 36.5 Å². The Bertz CT molecular complexity index is 1010. The predicted molar refractivity (Wildman–Crippen MR) is 108 cm³/mol. The maximum Gasteiger partial charge on any atom is 0.573 e. The summed E-state index contributed by atoms with van der Waals surface area (Å²) in [5.74, 6) is 0.0428. The first-order valence-electron chi connectivity index (χ1n) is 9.96. The normalized spacial score (nSPS) is 16.8. The number of aromatic nitrogens is 1. The molecule has 0 unspecified atom stereocenters. The Labute approximate surface area is 181 Å². The van der Waals surface area contributed by atoms with Gasteiger partial charge in [-0.3, -0.25) is 9.69 Å². The summed E-state index contributed by atoms with van der Waals surface area (Å²) < 4.78 is 46.2. The highest BCUT2D eigenvalue weighted by Crippen LogP contribution is 2.42. The lowest BCUT2D eigenvalue weighted by Gasteiger charge is -2.30. The molecule has 4 rings (SSSR count). The van der Waals surface area contributed by atoms with Crippen LogP contribution >= 0.6 is 0 Å². The van der Waals surface area contributed by atoms with Gasteiger partial charge in [0.1, 0.15) is 12.3 Å². The minimum absolute atomic E-state index is 0.0617. The number of nitrogens with one attached hydrogen (secondary N) is 2. The largest absolute Gasteiger partial charge is 0.573 e. The van der Waals surface area contributed by atoms with E-state index in [9.17, 15) is 22.8 Å². The standard InChI is InChI=1S/C21H21F3N4O4/c1-31-11-17(13-4-6-15(7-5-13)32-21(22,23)24)27-20(30)28-10-18(29)26-16-8-14(12-2-3-12)9-25-19(16)28/h4-9,12,17H,2-3,10-11H2,1H3,(H,26,29)(H,27,30)/t17-/m0/s1. The average molecular weight is 450 g/mol. The van der Waals surface area contributed by atoms with Crippen molar-refractivity contribution in [3.63, 3.8) is 0 Å². The van der Waals surface area contributed by atoms with Gasteiger partial charge >= 0.3 is 12.4 Å². The lowest BCUT2D eigenvalue weighted by molar-refractivity contribution is -0.274. The first-order chi connectivity index (χ1) is 15.2. The van der Waals surface area contributed by atoms with Crippen molar-refractivity contribution in [3.05, 3.63) is 47.7 Å². The van der Waals surface area contributed by atoms with Crippen molar-refractivity contribution < 1.29 is 32.2 Å². The molecule has 2 heterocycles. The minimum Gasteiger partial charge on any atom is -0.406 e. The van der Waals surface area contributed by atoms with Gasteiger partial charge < -0.3 is 20.1 Å². The first-order valence-corrected chi connectivity index (χ1v) is 9.96. The summed E-state index contributed by atoms with van der Waals surface area (Å²) >= 11 is 0. The molecule has 11 heteroatoms. The lowest BCUT2D eigenvalue weighted by atomic mass is 10.1. The first kappa shape index (κ1) is 21.9. The quantitative estimate of drug-likeness (QED) is 0.700. The fourth-order valence-corrected chi connectivity index (χ4v) is 3.51. The number of pyridine rings is 1. The fraction of sp³-hybridized carbons (Fsp3) is 0.381. The zero-order chi connectivity index (χ0) is 22.9. The molecule has 1 aliphatic carbocycles. The number of fused-ring (bicyclic) bond motifs is 1. The van der Waals surface area contributed by atoms with Crippen molar-refractivity contribution >= 4 is 23.4 Å². The Hall–Kier alpha value is -3.34.